The smallest absolute Gasteiger partial charge is 0.317 e. The van der Waals surface area contributed by atoms with Crippen LogP contribution in [-0.2, 0) is 80.9 Å². The van der Waals surface area contributed by atoms with Gasteiger partial charge in [0.15, 0.2) is 43.0 Å². The van der Waals surface area contributed by atoms with Crippen LogP contribution in [0.15, 0.2) is 121 Å². The number of rotatable bonds is 19. The molecule has 394 valence electrons. The molecule has 2 saturated heterocycles. The average molecular weight is 1040 g/mol. The van der Waals surface area contributed by atoms with Crippen molar-refractivity contribution in [3.8, 4) is 0 Å². The van der Waals surface area contributed by atoms with Crippen LogP contribution < -0.4 is 21.2 Å². The maximum Gasteiger partial charge on any atom is 0.317 e. The highest BCUT2D eigenvalue weighted by Gasteiger charge is 2.58. The minimum absolute atomic E-state index is 0.425. The molecule has 2 unspecified atom stereocenters. The van der Waals surface area contributed by atoms with Gasteiger partial charge in [0.25, 0.3) is 0 Å². The van der Waals surface area contributed by atoms with Gasteiger partial charge in [-0.15, -0.1) is 0 Å². The molecule has 0 saturated carbocycles. The summed E-state index contributed by atoms with van der Waals surface area (Å²) in [4.78, 5) is 103. The van der Waals surface area contributed by atoms with Gasteiger partial charge in [-0.3, -0.25) is 33.6 Å². The number of amides is 2. The van der Waals surface area contributed by atoms with Gasteiger partial charge in [-0.2, -0.15) is 0 Å². The van der Waals surface area contributed by atoms with Crippen molar-refractivity contribution in [2.75, 3.05) is 13.2 Å². The summed E-state index contributed by atoms with van der Waals surface area (Å²) in [6.07, 6.45) is -16.8. The van der Waals surface area contributed by atoms with E-state index in [1.807, 2.05) is 97.1 Å². The lowest BCUT2D eigenvalue weighted by molar-refractivity contribution is -0.345. The summed E-state index contributed by atoms with van der Waals surface area (Å²) in [6.45, 7) is 6.16. The number of esters is 7. The van der Waals surface area contributed by atoms with Crippen molar-refractivity contribution in [2.24, 2.45) is 0 Å². The van der Waals surface area contributed by atoms with E-state index in [1.54, 1.807) is 0 Å². The van der Waals surface area contributed by atoms with Crippen LogP contribution in [-0.4, -0.2) is 122 Å². The monoisotopic (exact) mass is 1040 g/mol. The van der Waals surface area contributed by atoms with Crippen LogP contribution in [0.4, 0.5) is 4.79 Å². The fourth-order valence-corrected chi connectivity index (χ4v) is 11.7. The quantitative estimate of drug-likeness (QED) is 0.0744. The number of urea groups is 1. The third-order valence-electron chi connectivity index (χ3n) is 11.5. The normalized spacial score (nSPS) is 24.1. The lowest BCUT2D eigenvalue weighted by Gasteiger charge is -2.48. The molecule has 20 nitrogen and oxygen atoms in total. The van der Waals surface area contributed by atoms with Gasteiger partial charge in [0, 0.05) is 54.1 Å². The number of carbonyl (C=O) groups is 8. The van der Waals surface area contributed by atoms with Gasteiger partial charge in [0.1, 0.15) is 31.5 Å². The number of hydrogen-bond donors (Lipinski definition) is 2. The molecule has 21 heteroatoms. The maximum atomic E-state index is 14.9. The molecule has 0 radical (unpaired) electrons. The second-order valence-corrected chi connectivity index (χ2v) is 19.4. The molecule has 4 aromatic carbocycles. The number of nitrogens with one attached hydrogen (secondary N) is 2. The molecule has 2 amide bonds. The summed E-state index contributed by atoms with van der Waals surface area (Å²) in [5.41, 5.74) is 1.22. The lowest BCUT2D eigenvalue weighted by atomic mass is 9.95. The van der Waals surface area contributed by atoms with Crippen LogP contribution in [0, 0.1) is 0 Å². The minimum atomic E-state index is -1.89. The zero-order chi connectivity index (χ0) is 53.5. The Morgan fingerprint density at radius 2 is 0.851 bits per heavy atom. The first-order valence-corrected chi connectivity index (χ1v) is 25.0. The van der Waals surface area contributed by atoms with Crippen molar-refractivity contribution < 1.29 is 85.7 Å². The van der Waals surface area contributed by atoms with Crippen molar-refractivity contribution in [1.82, 2.24) is 10.6 Å². The summed E-state index contributed by atoms with van der Waals surface area (Å²) < 4.78 is 58.1. The summed E-state index contributed by atoms with van der Waals surface area (Å²) >= 11 is 0. The summed E-state index contributed by atoms with van der Waals surface area (Å²) in [7, 11) is -1.29. The minimum Gasteiger partial charge on any atom is -0.463 e. The summed E-state index contributed by atoms with van der Waals surface area (Å²) in [5.74, 6) is -6.19. The molecule has 4 aromatic rings. The van der Waals surface area contributed by atoms with Crippen LogP contribution in [0.25, 0.3) is 0 Å². The Balaban J connectivity index is 1.43. The third kappa shape index (κ3) is 15.4. The van der Waals surface area contributed by atoms with Crippen LogP contribution in [0.1, 0.15) is 71.3 Å². The Morgan fingerprint density at radius 1 is 0.459 bits per heavy atom. The molecule has 2 aliphatic rings. The molecular formula is C53H59N2O18P. The number of carbonyl (C=O) groups excluding carboxylic acids is 8. The number of benzene rings is 4. The molecule has 2 heterocycles. The van der Waals surface area contributed by atoms with Crippen molar-refractivity contribution in [2.45, 2.75) is 122 Å². The van der Waals surface area contributed by atoms with Crippen LogP contribution >= 0.6 is 7.92 Å². The van der Waals surface area contributed by atoms with Crippen molar-refractivity contribution in [1.29, 1.82) is 0 Å². The first-order chi connectivity index (χ1) is 35.4. The number of ether oxygens (including phenoxy) is 10. The van der Waals surface area contributed by atoms with E-state index in [9.17, 15) is 38.4 Å². The standard InChI is InChI=1S/C53H59N2O18P/c1-30(56)64-28-41-45(73-52-49(70-36(7)62)47(68-34(5)60)44(66-32(3)58)42(72-52)29-65-31(2)57)46(67-33(4)59)48(69-35(6)61)51(71-41)55-53(63)54-43(37-20-12-8-13-21-37)50(38-22-14-9-15-23-38)74(39-24-16-10-17-25-39)40-26-18-11-19-27-40/h8-27,41-52H,28-29H2,1-7H3,(H2,54,55,63)/t41-,42-,43?,44-,45-,46+,47+,48-,49-,50?,51-,52+/m1/s1. The van der Waals surface area contributed by atoms with Gasteiger partial charge in [-0.25, -0.2) is 4.79 Å². The molecule has 2 fully saturated rings. The van der Waals surface area contributed by atoms with Gasteiger partial charge in [-0.05, 0) is 29.7 Å². The van der Waals surface area contributed by atoms with Gasteiger partial charge in [-0.1, -0.05) is 121 Å². The Bertz CT molecular complexity index is 2520. The third-order valence-corrected chi connectivity index (χ3v) is 14.3. The van der Waals surface area contributed by atoms with Crippen molar-refractivity contribution in [3.63, 3.8) is 0 Å². The molecule has 0 aromatic heterocycles. The van der Waals surface area contributed by atoms with Gasteiger partial charge in [0.2, 0.25) is 0 Å². The van der Waals surface area contributed by atoms with E-state index in [0.29, 0.717) is 0 Å². The van der Waals surface area contributed by atoms with Gasteiger partial charge >= 0.3 is 47.8 Å². The highest BCUT2D eigenvalue weighted by molar-refractivity contribution is 7.73. The van der Waals surface area contributed by atoms with E-state index in [0.717, 1.165) is 70.2 Å². The molecular weight excluding hydrogens is 984 g/mol. The molecule has 2 N–H and O–H groups in total. The molecule has 74 heavy (non-hydrogen) atoms. The average Bonchev–Trinajstić information content (AvgIpc) is 3.35. The zero-order valence-electron chi connectivity index (χ0n) is 41.7. The van der Waals surface area contributed by atoms with Crippen LogP contribution in [0.3, 0.4) is 0 Å². The second kappa shape index (κ2) is 26.6. The Labute approximate surface area is 428 Å². The highest BCUT2D eigenvalue weighted by atomic mass is 31.1. The van der Waals surface area contributed by atoms with E-state index in [-0.39, 0.29) is 0 Å². The Kier molecular flexibility index (Phi) is 20.2. The molecule has 0 aliphatic carbocycles. The topological polar surface area (TPSA) is 253 Å². The lowest BCUT2D eigenvalue weighted by Crippen LogP contribution is -2.69. The fraction of sp³-hybridized carbons (Fsp3) is 0.396. The molecule has 2 aliphatic heterocycles. The zero-order valence-corrected chi connectivity index (χ0v) is 42.6. The SMILES string of the molecule is CC(=O)OC[C@H]1O[C@@H](NC(=O)NC(c2ccccc2)C(c2ccccc2)P(c2ccccc2)c2ccccc2)[C@H](OC(C)=O)[C@@H](OC(C)=O)[C@@H]1O[C@@H]1O[C@H](COC(C)=O)[C@@H](OC(C)=O)[C@H](OC(C)=O)[C@H]1OC(C)=O. The van der Waals surface area contributed by atoms with E-state index in [2.05, 4.69) is 34.9 Å². The van der Waals surface area contributed by atoms with E-state index in [1.165, 1.54) is 0 Å². The molecule has 12 atom stereocenters. The summed E-state index contributed by atoms with van der Waals surface area (Å²) in [6, 6.07) is 37.4. The van der Waals surface area contributed by atoms with Crippen LogP contribution in [0.2, 0.25) is 0 Å². The predicted octanol–water partition coefficient (Wildman–Crippen LogP) is 4.52. The highest BCUT2D eigenvalue weighted by Crippen LogP contribution is 2.55. The molecule has 0 bridgehead atoms. The van der Waals surface area contributed by atoms with Crippen LogP contribution in [0.5, 0.6) is 0 Å². The maximum absolute atomic E-state index is 14.9. The molecule has 6 rings (SSSR count). The van der Waals surface area contributed by atoms with E-state index >= 15 is 0 Å². The van der Waals surface area contributed by atoms with Gasteiger partial charge < -0.3 is 58.0 Å². The number of hydrogen-bond acceptors (Lipinski definition) is 18. The Morgan fingerprint density at radius 3 is 1.31 bits per heavy atom. The van der Waals surface area contributed by atoms with Crippen molar-refractivity contribution >= 4 is 66.3 Å². The first-order valence-electron chi connectivity index (χ1n) is 23.6. The largest absolute Gasteiger partial charge is 0.463 e. The Hall–Kier alpha value is -7.25. The summed E-state index contributed by atoms with van der Waals surface area (Å²) in [5, 5.41) is 8.03. The second-order valence-electron chi connectivity index (χ2n) is 17.1. The molecule has 0 spiro atoms. The van der Waals surface area contributed by atoms with Gasteiger partial charge in [0.05, 0.1) is 6.04 Å². The fourth-order valence-electron chi connectivity index (χ4n) is 8.73. The first kappa shape index (κ1) is 56.1. The predicted molar refractivity (Wildman–Crippen MR) is 262 cm³/mol. The van der Waals surface area contributed by atoms with E-state index < -0.39 is 142 Å². The van der Waals surface area contributed by atoms with E-state index in [4.69, 9.17) is 47.4 Å². The van der Waals surface area contributed by atoms with Crippen molar-refractivity contribution in [3.05, 3.63) is 132 Å².